The number of carbonyl (C=O) groups excluding carboxylic acids is 1. The lowest BCUT2D eigenvalue weighted by atomic mass is 10.2. The van der Waals surface area contributed by atoms with Crippen molar-refractivity contribution in [1.29, 1.82) is 0 Å². The summed E-state index contributed by atoms with van der Waals surface area (Å²) in [6.45, 7) is 3.59. The third-order valence-electron chi connectivity index (χ3n) is 3.20. The van der Waals surface area contributed by atoms with Crippen molar-refractivity contribution in [2.24, 2.45) is 0 Å². The highest BCUT2D eigenvalue weighted by Gasteiger charge is 2.25. The summed E-state index contributed by atoms with van der Waals surface area (Å²) >= 11 is 0. The van der Waals surface area contributed by atoms with Crippen LogP contribution in [0.25, 0.3) is 0 Å². The molecule has 0 spiro atoms. The molecule has 1 aromatic rings. The quantitative estimate of drug-likeness (QED) is 0.782. The lowest BCUT2D eigenvalue weighted by molar-refractivity contribution is 0.0674. The highest BCUT2D eigenvalue weighted by molar-refractivity contribution is 5.92. The molecule has 1 aromatic heterocycles. The molecule has 1 aliphatic heterocycles. The molecule has 1 saturated heterocycles. The molecule has 6 heteroatoms. The minimum atomic E-state index is -0.201. The van der Waals surface area contributed by atoms with Crippen LogP contribution in [0, 0.1) is 6.92 Å². The summed E-state index contributed by atoms with van der Waals surface area (Å²) in [6.07, 6.45) is 3.46. The summed E-state index contributed by atoms with van der Waals surface area (Å²) in [7, 11) is 0. The number of hydrogen-bond donors (Lipinski definition) is 2. The number of oxazole rings is 1. The van der Waals surface area contributed by atoms with Crippen LogP contribution in [0.15, 0.2) is 10.8 Å². The van der Waals surface area contributed by atoms with Crippen molar-refractivity contribution in [3.63, 3.8) is 0 Å². The van der Waals surface area contributed by atoms with E-state index in [1.54, 1.807) is 11.8 Å². The van der Waals surface area contributed by atoms with Gasteiger partial charge in [0.2, 0.25) is 5.76 Å². The Morgan fingerprint density at radius 1 is 1.72 bits per heavy atom. The number of hydrogen-bond acceptors (Lipinski definition) is 5. The topological polar surface area (TPSA) is 78.6 Å². The van der Waals surface area contributed by atoms with Crippen molar-refractivity contribution in [2.45, 2.75) is 25.8 Å². The van der Waals surface area contributed by atoms with Gasteiger partial charge in [-0.2, -0.15) is 0 Å². The zero-order chi connectivity index (χ0) is 13.0. The molecule has 0 saturated carbocycles. The van der Waals surface area contributed by atoms with Crippen molar-refractivity contribution in [3.05, 3.63) is 17.8 Å². The summed E-state index contributed by atoms with van der Waals surface area (Å²) in [5.74, 6) is 0.0641. The molecule has 0 aliphatic carbocycles. The number of aryl methyl sites for hydroxylation is 1. The van der Waals surface area contributed by atoms with Gasteiger partial charge < -0.3 is 19.7 Å². The molecule has 1 aliphatic rings. The van der Waals surface area contributed by atoms with E-state index < -0.39 is 0 Å². The third kappa shape index (κ3) is 2.88. The molecule has 0 radical (unpaired) electrons. The van der Waals surface area contributed by atoms with Gasteiger partial charge in [0.15, 0.2) is 6.39 Å². The van der Waals surface area contributed by atoms with Crippen LogP contribution in [0.1, 0.15) is 29.1 Å². The molecule has 0 bridgehead atoms. The van der Waals surface area contributed by atoms with E-state index >= 15 is 0 Å². The summed E-state index contributed by atoms with van der Waals surface area (Å²) in [5.41, 5.74) is 0.585. The molecule has 100 valence electrons. The maximum absolute atomic E-state index is 12.3. The Bertz CT molecular complexity index is 399. The SMILES string of the molecule is Cc1ncoc1C(=O)N(CCO)CC1CCCN1. The molecule has 0 aromatic carbocycles. The Kier molecular flexibility index (Phi) is 4.33. The maximum atomic E-state index is 12.3. The summed E-state index contributed by atoms with van der Waals surface area (Å²) in [6, 6.07) is 0.309. The molecule has 2 rings (SSSR count). The number of amides is 1. The van der Waals surface area contributed by atoms with Crippen molar-refractivity contribution in [1.82, 2.24) is 15.2 Å². The second-order valence-electron chi connectivity index (χ2n) is 4.53. The fraction of sp³-hybridized carbons (Fsp3) is 0.667. The van der Waals surface area contributed by atoms with Crippen LogP contribution in [0.4, 0.5) is 0 Å². The van der Waals surface area contributed by atoms with Crippen LogP contribution in [-0.2, 0) is 0 Å². The lowest BCUT2D eigenvalue weighted by Gasteiger charge is -2.24. The van der Waals surface area contributed by atoms with Gasteiger partial charge in [0.25, 0.3) is 5.91 Å². The Morgan fingerprint density at radius 3 is 3.11 bits per heavy atom. The van der Waals surface area contributed by atoms with Gasteiger partial charge in [0, 0.05) is 19.1 Å². The van der Waals surface area contributed by atoms with Gasteiger partial charge in [0.1, 0.15) is 0 Å². The number of aliphatic hydroxyl groups excluding tert-OH is 1. The highest BCUT2D eigenvalue weighted by Crippen LogP contribution is 2.12. The van der Waals surface area contributed by atoms with Crippen molar-refractivity contribution >= 4 is 5.91 Å². The molecule has 1 unspecified atom stereocenters. The average molecular weight is 253 g/mol. The van der Waals surface area contributed by atoms with E-state index in [-0.39, 0.29) is 18.3 Å². The van der Waals surface area contributed by atoms with Crippen LogP contribution in [0.3, 0.4) is 0 Å². The molecule has 1 amide bonds. The highest BCUT2D eigenvalue weighted by atomic mass is 16.3. The molecule has 1 fully saturated rings. The first-order valence-corrected chi connectivity index (χ1v) is 6.26. The molecule has 2 heterocycles. The second kappa shape index (κ2) is 5.97. The standard InChI is InChI=1S/C12H19N3O3/c1-9-11(18-8-14-9)12(17)15(5-6-16)7-10-3-2-4-13-10/h8,10,13,16H,2-7H2,1H3. The van der Waals surface area contributed by atoms with Gasteiger partial charge in [-0.15, -0.1) is 0 Å². The Morgan fingerprint density at radius 2 is 2.56 bits per heavy atom. The number of rotatable bonds is 5. The van der Waals surface area contributed by atoms with Gasteiger partial charge in [-0.25, -0.2) is 4.98 Å². The summed E-state index contributed by atoms with van der Waals surface area (Å²) in [4.78, 5) is 17.8. The molecule has 18 heavy (non-hydrogen) atoms. The monoisotopic (exact) mass is 253 g/mol. The predicted octanol–water partition coefficient (Wildman–Crippen LogP) is 0.170. The van der Waals surface area contributed by atoms with Gasteiger partial charge in [0.05, 0.1) is 12.3 Å². The van der Waals surface area contributed by atoms with Crippen molar-refractivity contribution in [2.75, 3.05) is 26.2 Å². The van der Waals surface area contributed by atoms with Gasteiger partial charge in [-0.1, -0.05) is 0 Å². The van der Waals surface area contributed by atoms with Crippen molar-refractivity contribution in [3.8, 4) is 0 Å². The predicted molar refractivity (Wildman–Crippen MR) is 65.3 cm³/mol. The van der Waals surface area contributed by atoms with Crippen LogP contribution in [0.2, 0.25) is 0 Å². The summed E-state index contributed by atoms with van der Waals surface area (Å²) in [5, 5.41) is 12.4. The van der Waals surface area contributed by atoms with E-state index in [0.717, 1.165) is 19.4 Å². The second-order valence-corrected chi connectivity index (χ2v) is 4.53. The molecular weight excluding hydrogens is 234 g/mol. The molecular formula is C12H19N3O3. The third-order valence-corrected chi connectivity index (χ3v) is 3.20. The minimum Gasteiger partial charge on any atom is -0.438 e. The Hall–Kier alpha value is -1.40. The fourth-order valence-corrected chi connectivity index (χ4v) is 2.23. The van der Waals surface area contributed by atoms with E-state index in [2.05, 4.69) is 10.3 Å². The lowest BCUT2D eigenvalue weighted by Crippen LogP contribution is -2.42. The van der Waals surface area contributed by atoms with E-state index in [1.807, 2.05) is 0 Å². The number of nitrogens with zero attached hydrogens (tertiary/aromatic N) is 2. The minimum absolute atomic E-state index is 0.0500. The Labute approximate surface area is 106 Å². The smallest absolute Gasteiger partial charge is 0.291 e. The average Bonchev–Trinajstić information content (AvgIpc) is 2.99. The van der Waals surface area contributed by atoms with Crippen LogP contribution >= 0.6 is 0 Å². The van der Waals surface area contributed by atoms with Crippen LogP contribution in [0.5, 0.6) is 0 Å². The van der Waals surface area contributed by atoms with Crippen molar-refractivity contribution < 1.29 is 14.3 Å². The van der Waals surface area contributed by atoms with E-state index in [9.17, 15) is 4.79 Å². The fourth-order valence-electron chi connectivity index (χ4n) is 2.23. The number of aliphatic hydroxyl groups is 1. The first-order chi connectivity index (χ1) is 8.72. The first-order valence-electron chi connectivity index (χ1n) is 6.26. The molecule has 6 nitrogen and oxygen atoms in total. The van der Waals surface area contributed by atoms with Gasteiger partial charge in [-0.3, -0.25) is 4.79 Å². The van der Waals surface area contributed by atoms with E-state index in [0.29, 0.717) is 24.8 Å². The van der Waals surface area contributed by atoms with Crippen LogP contribution < -0.4 is 5.32 Å². The molecule has 1 atom stereocenters. The zero-order valence-corrected chi connectivity index (χ0v) is 10.6. The largest absolute Gasteiger partial charge is 0.438 e. The zero-order valence-electron chi connectivity index (χ0n) is 10.6. The summed E-state index contributed by atoms with van der Waals surface area (Å²) < 4.78 is 5.11. The number of carbonyl (C=O) groups is 1. The van der Waals surface area contributed by atoms with Crippen LogP contribution in [-0.4, -0.2) is 53.2 Å². The van der Waals surface area contributed by atoms with E-state index in [4.69, 9.17) is 9.52 Å². The van der Waals surface area contributed by atoms with E-state index in [1.165, 1.54) is 6.39 Å². The number of nitrogens with one attached hydrogen (secondary N) is 1. The number of aromatic nitrogens is 1. The first kappa shape index (κ1) is 13.0. The van der Waals surface area contributed by atoms with Gasteiger partial charge >= 0.3 is 0 Å². The molecule has 2 N–H and O–H groups in total. The Balaban J connectivity index is 2.04. The maximum Gasteiger partial charge on any atom is 0.291 e. The normalized spacial score (nSPS) is 19.1. The van der Waals surface area contributed by atoms with Gasteiger partial charge in [-0.05, 0) is 26.3 Å².